The van der Waals surface area contributed by atoms with Crippen molar-refractivity contribution in [3.8, 4) is 0 Å². The Balaban J connectivity index is 2.86. The van der Waals surface area contributed by atoms with Gasteiger partial charge in [0, 0.05) is 5.69 Å². The average Bonchev–Trinajstić information content (AvgIpc) is 2.34. The Hall–Kier alpha value is -2.30. The number of hydrogen-bond donors (Lipinski definition) is 3. The number of carbonyl (C=O) groups is 1. The van der Waals surface area contributed by atoms with E-state index in [1.165, 1.54) is 0 Å². The van der Waals surface area contributed by atoms with Gasteiger partial charge in [-0.15, -0.1) is 0 Å². The van der Waals surface area contributed by atoms with E-state index in [1.807, 2.05) is 37.3 Å². The molecule has 96 valence electrons. The number of rotatable bonds is 5. The number of nitrogens with one attached hydrogen (secondary N) is 1. The monoisotopic (exact) mass is 246 g/mol. The van der Waals surface area contributed by atoms with Crippen molar-refractivity contribution in [2.75, 3.05) is 5.32 Å². The summed E-state index contributed by atoms with van der Waals surface area (Å²) in [5, 5.41) is 3.01. The fourth-order valence-electron chi connectivity index (χ4n) is 1.33. The quantitative estimate of drug-likeness (QED) is 0.418. The van der Waals surface area contributed by atoms with Crippen LogP contribution in [0.4, 0.5) is 5.69 Å². The van der Waals surface area contributed by atoms with Crippen molar-refractivity contribution in [3.63, 3.8) is 0 Å². The molecule has 1 rings (SSSR count). The number of nitrogens with zero attached hydrogens (tertiary/aromatic N) is 1. The second kappa shape index (κ2) is 7.11. The van der Waals surface area contributed by atoms with Crippen molar-refractivity contribution in [2.24, 2.45) is 16.5 Å². The predicted octanol–water partition coefficient (Wildman–Crippen LogP) is 1.58. The molecule has 5 heteroatoms. The summed E-state index contributed by atoms with van der Waals surface area (Å²) in [5.74, 6) is -0.704. The average molecular weight is 246 g/mol. The molecule has 0 saturated heterocycles. The van der Waals surface area contributed by atoms with Crippen LogP contribution in [0.25, 0.3) is 0 Å². The lowest BCUT2D eigenvalue weighted by atomic mass is 10.2. The Morgan fingerprint density at radius 1 is 1.33 bits per heavy atom. The number of guanidine groups is 1. The van der Waals surface area contributed by atoms with E-state index < -0.39 is 5.91 Å². The van der Waals surface area contributed by atoms with Gasteiger partial charge in [0.15, 0.2) is 5.96 Å². The third-order valence-electron chi connectivity index (χ3n) is 2.15. The number of aliphatic imine (C=N–C) groups is 1. The lowest BCUT2D eigenvalue weighted by Gasteiger charge is -2.07. The molecular weight excluding hydrogens is 228 g/mol. The highest BCUT2D eigenvalue weighted by atomic mass is 16.1. The highest BCUT2D eigenvalue weighted by Gasteiger charge is 2.08. The maximum atomic E-state index is 11.8. The van der Waals surface area contributed by atoms with Gasteiger partial charge in [0.25, 0.3) is 5.91 Å². The highest BCUT2D eigenvalue weighted by Crippen LogP contribution is 2.11. The standard InChI is InChI=1S/C13H18N4O/c1-2-3-9-11(12(18)17-13(14)15)16-10-7-5-4-6-8-10/h4-9,16H,2-3H2,1H3,(H4,14,15,17,18)/b11-9-. The van der Waals surface area contributed by atoms with Gasteiger partial charge >= 0.3 is 0 Å². The molecule has 18 heavy (non-hydrogen) atoms. The van der Waals surface area contributed by atoms with Crippen LogP contribution in [-0.4, -0.2) is 11.9 Å². The van der Waals surface area contributed by atoms with Crippen molar-refractivity contribution in [2.45, 2.75) is 19.8 Å². The molecule has 0 aliphatic rings. The molecule has 5 N–H and O–H groups in total. The Bertz CT molecular complexity index is 447. The van der Waals surface area contributed by atoms with Gasteiger partial charge in [-0.3, -0.25) is 4.79 Å². The molecule has 1 amide bonds. The summed E-state index contributed by atoms with van der Waals surface area (Å²) < 4.78 is 0. The van der Waals surface area contributed by atoms with Crippen LogP contribution in [0.3, 0.4) is 0 Å². The van der Waals surface area contributed by atoms with E-state index in [9.17, 15) is 4.79 Å². The molecule has 0 aliphatic carbocycles. The number of benzene rings is 1. The van der Waals surface area contributed by atoms with Gasteiger partial charge in [0.2, 0.25) is 0 Å². The number of nitrogens with two attached hydrogens (primary N) is 2. The molecule has 5 nitrogen and oxygen atoms in total. The minimum absolute atomic E-state index is 0.239. The van der Waals surface area contributed by atoms with Crippen LogP contribution < -0.4 is 16.8 Å². The summed E-state index contributed by atoms with van der Waals surface area (Å²) in [5.41, 5.74) is 11.6. The Kier molecular flexibility index (Phi) is 5.44. The van der Waals surface area contributed by atoms with E-state index in [-0.39, 0.29) is 5.96 Å². The summed E-state index contributed by atoms with van der Waals surface area (Å²) in [7, 11) is 0. The molecule has 0 aliphatic heterocycles. The molecule has 1 aromatic carbocycles. The van der Waals surface area contributed by atoms with Crippen LogP contribution in [-0.2, 0) is 4.79 Å². The molecule has 0 spiro atoms. The van der Waals surface area contributed by atoms with Crippen molar-refractivity contribution in [1.82, 2.24) is 0 Å². The lowest BCUT2D eigenvalue weighted by Crippen LogP contribution is -2.25. The fraction of sp³-hybridized carbons (Fsp3) is 0.231. The Morgan fingerprint density at radius 3 is 2.56 bits per heavy atom. The van der Waals surface area contributed by atoms with Crippen LogP contribution in [0, 0.1) is 0 Å². The zero-order chi connectivity index (χ0) is 13.4. The topological polar surface area (TPSA) is 93.5 Å². The van der Waals surface area contributed by atoms with E-state index >= 15 is 0 Å². The van der Waals surface area contributed by atoms with Crippen molar-refractivity contribution < 1.29 is 4.79 Å². The summed E-state index contributed by atoms with van der Waals surface area (Å²) in [6.45, 7) is 2.03. The second-order valence-electron chi connectivity index (χ2n) is 3.74. The van der Waals surface area contributed by atoms with Gasteiger partial charge in [-0.25, -0.2) is 0 Å². The number of para-hydroxylation sites is 1. The molecule has 0 atom stereocenters. The van der Waals surface area contributed by atoms with Gasteiger partial charge in [0.1, 0.15) is 5.70 Å². The van der Waals surface area contributed by atoms with E-state index in [2.05, 4.69) is 10.3 Å². The summed E-state index contributed by atoms with van der Waals surface area (Å²) in [6, 6.07) is 9.39. The molecule has 0 aromatic heterocycles. The number of unbranched alkanes of at least 4 members (excludes halogenated alkanes) is 1. The minimum atomic E-state index is -0.465. The van der Waals surface area contributed by atoms with Crippen LogP contribution in [0.2, 0.25) is 0 Å². The number of anilines is 1. The Morgan fingerprint density at radius 2 is 2.00 bits per heavy atom. The number of amides is 1. The molecule has 0 bridgehead atoms. The van der Waals surface area contributed by atoms with E-state index in [4.69, 9.17) is 11.5 Å². The first-order valence-electron chi connectivity index (χ1n) is 5.79. The first kappa shape index (κ1) is 13.8. The minimum Gasteiger partial charge on any atom is -0.370 e. The third kappa shape index (κ3) is 4.69. The lowest BCUT2D eigenvalue weighted by molar-refractivity contribution is -0.114. The molecule has 0 radical (unpaired) electrons. The predicted molar refractivity (Wildman–Crippen MR) is 73.9 cm³/mol. The molecule has 0 unspecified atom stereocenters. The smallest absolute Gasteiger partial charge is 0.296 e. The fourth-order valence-corrected chi connectivity index (χ4v) is 1.33. The molecule has 0 heterocycles. The molecule has 0 fully saturated rings. The normalized spacial score (nSPS) is 10.8. The second-order valence-corrected chi connectivity index (χ2v) is 3.74. The first-order chi connectivity index (χ1) is 8.63. The van der Waals surface area contributed by atoms with Gasteiger partial charge < -0.3 is 16.8 Å². The molecule has 1 aromatic rings. The van der Waals surface area contributed by atoms with Crippen LogP contribution in [0.1, 0.15) is 19.8 Å². The summed E-state index contributed by atoms with van der Waals surface area (Å²) in [4.78, 5) is 15.3. The maximum Gasteiger partial charge on any atom is 0.296 e. The van der Waals surface area contributed by atoms with Crippen molar-refractivity contribution in [3.05, 3.63) is 42.1 Å². The summed E-state index contributed by atoms with van der Waals surface area (Å²) >= 11 is 0. The molecule has 0 saturated carbocycles. The van der Waals surface area contributed by atoms with Crippen molar-refractivity contribution >= 4 is 17.6 Å². The number of carbonyl (C=O) groups excluding carboxylic acids is 1. The highest BCUT2D eigenvalue weighted by molar-refractivity contribution is 6.03. The zero-order valence-electron chi connectivity index (χ0n) is 10.4. The van der Waals surface area contributed by atoms with Crippen LogP contribution in [0.15, 0.2) is 47.1 Å². The van der Waals surface area contributed by atoms with Crippen LogP contribution >= 0.6 is 0 Å². The zero-order valence-corrected chi connectivity index (χ0v) is 10.4. The third-order valence-corrected chi connectivity index (χ3v) is 2.15. The van der Waals surface area contributed by atoms with E-state index in [0.29, 0.717) is 5.70 Å². The largest absolute Gasteiger partial charge is 0.370 e. The van der Waals surface area contributed by atoms with Gasteiger partial charge in [-0.1, -0.05) is 37.6 Å². The SMILES string of the molecule is CCC/C=C(\Nc1ccccc1)C(=O)N=C(N)N. The van der Waals surface area contributed by atoms with E-state index in [1.54, 1.807) is 6.08 Å². The van der Waals surface area contributed by atoms with Gasteiger partial charge in [0.05, 0.1) is 0 Å². The van der Waals surface area contributed by atoms with Crippen LogP contribution in [0.5, 0.6) is 0 Å². The maximum absolute atomic E-state index is 11.8. The van der Waals surface area contributed by atoms with Gasteiger partial charge in [-0.05, 0) is 18.6 Å². The number of allylic oxidation sites excluding steroid dienone is 1. The van der Waals surface area contributed by atoms with E-state index in [0.717, 1.165) is 18.5 Å². The van der Waals surface area contributed by atoms with Gasteiger partial charge in [-0.2, -0.15) is 4.99 Å². The van der Waals surface area contributed by atoms with Crippen molar-refractivity contribution in [1.29, 1.82) is 0 Å². The Labute approximate surface area is 107 Å². The number of hydrogen-bond acceptors (Lipinski definition) is 2. The molecular formula is C13H18N4O. The first-order valence-corrected chi connectivity index (χ1v) is 5.79. The summed E-state index contributed by atoms with van der Waals surface area (Å²) in [6.07, 6.45) is 3.51.